The summed E-state index contributed by atoms with van der Waals surface area (Å²) in [7, 11) is 1.62. The van der Waals surface area contributed by atoms with Crippen molar-refractivity contribution < 1.29 is 19.4 Å². The molecule has 1 unspecified atom stereocenters. The average molecular weight is 577 g/mol. The number of hydrogen-bond acceptors (Lipinski definition) is 5. The maximum absolute atomic E-state index is 13.8. The van der Waals surface area contributed by atoms with Crippen molar-refractivity contribution in [3.8, 4) is 11.5 Å². The predicted octanol–water partition coefficient (Wildman–Crippen LogP) is 6.75. The Labute approximate surface area is 248 Å². The van der Waals surface area contributed by atoms with Crippen molar-refractivity contribution in [2.75, 3.05) is 31.6 Å². The van der Waals surface area contributed by atoms with Crippen LogP contribution in [0.5, 0.6) is 11.5 Å². The van der Waals surface area contributed by atoms with Gasteiger partial charge < -0.3 is 24.4 Å². The number of likely N-dealkylation sites (tertiary alicyclic amines) is 1. The van der Waals surface area contributed by atoms with Gasteiger partial charge in [0.05, 0.1) is 31.3 Å². The molecule has 6 nitrogen and oxygen atoms in total. The van der Waals surface area contributed by atoms with Crippen LogP contribution in [0.4, 0.5) is 5.69 Å². The number of methoxy groups -OCH3 is 1. The number of nitrogens with zero attached hydrogens (tertiary/aromatic N) is 2. The summed E-state index contributed by atoms with van der Waals surface area (Å²) in [6, 6.07) is 19.1. The lowest BCUT2D eigenvalue weighted by molar-refractivity contribution is -0.118. The molecule has 218 valence electrons. The van der Waals surface area contributed by atoms with Gasteiger partial charge in [0.25, 0.3) is 0 Å². The minimum Gasteiger partial charge on any atom is -0.493 e. The number of anilines is 1. The number of aliphatic hydroxyl groups is 1. The minimum atomic E-state index is -0.938. The second-order valence-corrected chi connectivity index (χ2v) is 12.1. The second-order valence-electron chi connectivity index (χ2n) is 11.7. The fourth-order valence-electron chi connectivity index (χ4n) is 6.34. The predicted molar refractivity (Wildman–Crippen MR) is 164 cm³/mol. The van der Waals surface area contributed by atoms with Crippen molar-refractivity contribution in [3.05, 3.63) is 87.9 Å². The molecule has 3 aromatic rings. The Balaban J connectivity index is 1.53. The van der Waals surface area contributed by atoms with E-state index in [1.54, 1.807) is 7.11 Å². The lowest BCUT2D eigenvalue weighted by Crippen LogP contribution is -2.42. The zero-order valence-electron chi connectivity index (χ0n) is 24.7. The molecule has 2 heterocycles. The SMILES string of the molecule is CCN1CCC([C@](C)(O)c2ccc(N3C(=O)Cc4cc(OC)c(OC(C)C)cc4C3c3ccc(Cl)cc3)cc2)CC1. The summed E-state index contributed by atoms with van der Waals surface area (Å²) in [5, 5.41) is 12.3. The summed E-state index contributed by atoms with van der Waals surface area (Å²) >= 11 is 6.25. The van der Waals surface area contributed by atoms with Gasteiger partial charge in [-0.2, -0.15) is 0 Å². The first kappa shape index (κ1) is 29.4. The molecule has 7 heteroatoms. The fraction of sp³-hybridized carbons (Fsp3) is 0.441. The van der Waals surface area contributed by atoms with Crippen molar-refractivity contribution in [2.45, 2.75) is 64.7 Å². The van der Waals surface area contributed by atoms with Crippen LogP contribution in [0.15, 0.2) is 60.7 Å². The molecule has 1 N–H and O–H groups in total. The molecule has 41 heavy (non-hydrogen) atoms. The molecule has 0 bridgehead atoms. The van der Waals surface area contributed by atoms with Crippen molar-refractivity contribution in [3.63, 3.8) is 0 Å². The number of benzene rings is 3. The first-order valence-electron chi connectivity index (χ1n) is 14.6. The smallest absolute Gasteiger partial charge is 0.232 e. The summed E-state index contributed by atoms with van der Waals surface area (Å²) in [4.78, 5) is 18.1. The second kappa shape index (κ2) is 12.0. The van der Waals surface area contributed by atoms with Crippen LogP contribution in [0.3, 0.4) is 0 Å². The van der Waals surface area contributed by atoms with E-state index in [0.29, 0.717) is 16.5 Å². The standard InChI is InChI=1S/C34H41ClN2O4/c1-6-36-17-15-26(16-18-36)34(4,39)25-9-13-28(14-10-25)37-32(38)20-24-19-30(40-5)31(41-22(2)3)21-29(24)33(37)23-7-11-27(35)12-8-23/h7-14,19,21-22,26,33,39H,6,15-18,20H2,1-5H3/t33?,34-/m1/s1. The van der Waals surface area contributed by atoms with E-state index < -0.39 is 5.60 Å². The normalized spacial score (nSPS) is 19.7. The number of carbonyl (C=O) groups excluding carboxylic acids is 1. The maximum Gasteiger partial charge on any atom is 0.232 e. The summed E-state index contributed by atoms with van der Waals surface area (Å²) in [5.41, 5.74) is 3.57. The molecule has 3 aromatic carbocycles. The molecule has 0 saturated carbocycles. The number of rotatable bonds is 8. The molecule has 1 fully saturated rings. The number of halogens is 1. The van der Waals surface area contributed by atoms with Gasteiger partial charge in [0.15, 0.2) is 11.5 Å². The van der Waals surface area contributed by atoms with Gasteiger partial charge in [0, 0.05) is 10.7 Å². The summed E-state index contributed by atoms with van der Waals surface area (Å²) in [6.45, 7) is 11.1. The number of fused-ring (bicyclic) bond motifs is 1. The van der Waals surface area contributed by atoms with Crippen molar-refractivity contribution in [1.82, 2.24) is 4.90 Å². The molecule has 2 aliphatic rings. The number of hydrogen-bond donors (Lipinski definition) is 1. The minimum absolute atomic E-state index is 0.0107. The molecule has 0 radical (unpaired) electrons. The van der Waals surface area contributed by atoms with E-state index in [2.05, 4.69) is 11.8 Å². The largest absolute Gasteiger partial charge is 0.493 e. The van der Waals surface area contributed by atoms with E-state index >= 15 is 0 Å². The highest BCUT2D eigenvalue weighted by atomic mass is 35.5. The Morgan fingerprint density at radius 2 is 1.68 bits per heavy atom. The van der Waals surface area contributed by atoms with Gasteiger partial charge in [-0.25, -0.2) is 0 Å². The van der Waals surface area contributed by atoms with Crippen LogP contribution in [0, 0.1) is 5.92 Å². The number of carbonyl (C=O) groups is 1. The Morgan fingerprint density at radius 1 is 1.02 bits per heavy atom. The van der Waals surface area contributed by atoms with Gasteiger partial charge >= 0.3 is 0 Å². The van der Waals surface area contributed by atoms with Crippen LogP contribution >= 0.6 is 11.6 Å². The van der Waals surface area contributed by atoms with E-state index in [1.165, 1.54) is 0 Å². The number of ether oxygens (including phenoxy) is 2. The third-order valence-electron chi connectivity index (χ3n) is 8.70. The van der Waals surface area contributed by atoms with Crippen LogP contribution < -0.4 is 14.4 Å². The molecule has 1 amide bonds. The molecule has 2 aliphatic heterocycles. The van der Waals surface area contributed by atoms with Gasteiger partial charge in [-0.05, 0) is 118 Å². The van der Waals surface area contributed by atoms with Crippen LogP contribution in [0.25, 0.3) is 0 Å². The Bertz CT molecular complexity index is 1360. The molecule has 0 aliphatic carbocycles. The van der Waals surface area contributed by atoms with E-state index in [4.69, 9.17) is 21.1 Å². The van der Waals surface area contributed by atoms with Gasteiger partial charge in [0.1, 0.15) is 0 Å². The van der Waals surface area contributed by atoms with Crippen molar-refractivity contribution in [1.29, 1.82) is 0 Å². The van der Waals surface area contributed by atoms with Gasteiger partial charge in [-0.1, -0.05) is 42.8 Å². The molecule has 0 spiro atoms. The van der Waals surface area contributed by atoms with Gasteiger partial charge in [0.2, 0.25) is 5.91 Å². The third kappa shape index (κ3) is 5.97. The Morgan fingerprint density at radius 3 is 2.27 bits per heavy atom. The van der Waals surface area contributed by atoms with E-state index in [0.717, 1.165) is 60.4 Å². The van der Waals surface area contributed by atoms with Crippen LogP contribution in [0.1, 0.15) is 68.8 Å². The topological polar surface area (TPSA) is 62.2 Å². The van der Waals surface area contributed by atoms with Crippen LogP contribution in [-0.2, 0) is 16.8 Å². The first-order valence-corrected chi connectivity index (χ1v) is 15.0. The highest BCUT2D eigenvalue weighted by Gasteiger charge is 2.38. The molecular weight excluding hydrogens is 536 g/mol. The van der Waals surface area contributed by atoms with Crippen LogP contribution in [-0.4, -0.2) is 48.8 Å². The number of piperidine rings is 1. The van der Waals surface area contributed by atoms with Crippen molar-refractivity contribution >= 4 is 23.2 Å². The molecule has 1 saturated heterocycles. The summed E-state index contributed by atoms with van der Waals surface area (Å²) in [6.07, 6.45) is 2.14. The third-order valence-corrected chi connectivity index (χ3v) is 8.95. The quantitative estimate of drug-likeness (QED) is 0.321. The zero-order valence-corrected chi connectivity index (χ0v) is 25.4. The monoisotopic (exact) mass is 576 g/mol. The van der Waals surface area contributed by atoms with Gasteiger partial charge in [-0.3, -0.25) is 4.79 Å². The highest BCUT2D eigenvalue weighted by Crippen LogP contribution is 2.44. The first-order chi connectivity index (χ1) is 19.6. The van der Waals surface area contributed by atoms with Crippen LogP contribution in [0.2, 0.25) is 5.02 Å². The van der Waals surface area contributed by atoms with E-state index in [1.807, 2.05) is 86.3 Å². The summed E-state index contributed by atoms with van der Waals surface area (Å²) in [5.74, 6) is 1.44. The molecule has 5 rings (SSSR count). The molecular formula is C34H41ClN2O4. The lowest BCUT2D eigenvalue weighted by Gasteiger charge is -2.40. The van der Waals surface area contributed by atoms with E-state index in [-0.39, 0.29) is 30.4 Å². The fourth-order valence-corrected chi connectivity index (χ4v) is 6.46. The van der Waals surface area contributed by atoms with Crippen molar-refractivity contribution in [2.24, 2.45) is 5.92 Å². The summed E-state index contributed by atoms with van der Waals surface area (Å²) < 4.78 is 11.7. The molecule has 2 atom stereocenters. The maximum atomic E-state index is 13.8. The highest BCUT2D eigenvalue weighted by molar-refractivity contribution is 6.30. The zero-order chi connectivity index (χ0) is 29.3. The Hall–Kier alpha value is -3.06. The van der Waals surface area contributed by atoms with Gasteiger partial charge in [-0.15, -0.1) is 0 Å². The average Bonchev–Trinajstić information content (AvgIpc) is 2.96. The molecule has 0 aromatic heterocycles. The van der Waals surface area contributed by atoms with E-state index in [9.17, 15) is 9.90 Å². The number of amides is 1. The Kier molecular flexibility index (Phi) is 8.65. The lowest BCUT2D eigenvalue weighted by atomic mass is 9.77.